The van der Waals surface area contributed by atoms with Gasteiger partial charge in [-0.3, -0.25) is 4.79 Å². The molecule has 0 atom stereocenters. The second-order valence-electron chi connectivity index (χ2n) is 4.24. The minimum atomic E-state index is -0.162. The summed E-state index contributed by atoms with van der Waals surface area (Å²) in [6.45, 7) is 1.98. The summed E-state index contributed by atoms with van der Waals surface area (Å²) in [6, 6.07) is 15.0. The monoisotopic (exact) mass is 334 g/mol. The van der Waals surface area contributed by atoms with Gasteiger partial charge in [0.15, 0.2) is 0 Å². The normalized spacial score (nSPS) is 11.4. The van der Waals surface area contributed by atoms with E-state index in [1.165, 1.54) is 0 Å². The number of Topliss-reactive ketones (excluding diaryl/α,β-unsaturated/α-hetero) is 1. The van der Waals surface area contributed by atoms with Gasteiger partial charge in [0, 0.05) is 10.0 Å². The molecule has 0 saturated heterocycles. The lowest BCUT2D eigenvalue weighted by Crippen LogP contribution is -1.98. The van der Waals surface area contributed by atoms with Gasteiger partial charge in [-0.1, -0.05) is 69.5 Å². The SMILES string of the molecule is Cc1ccc(C(=O)/C(Cl)=C/c2ccc(Br)cc2)cc1. The van der Waals surface area contributed by atoms with Crippen molar-refractivity contribution >= 4 is 39.4 Å². The Bertz CT molecular complexity index is 612. The maximum atomic E-state index is 12.1. The van der Waals surface area contributed by atoms with Crippen molar-refractivity contribution in [3.63, 3.8) is 0 Å². The average Bonchev–Trinajstić information content (AvgIpc) is 2.41. The van der Waals surface area contributed by atoms with Crippen LogP contribution in [-0.2, 0) is 0 Å². The van der Waals surface area contributed by atoms with Gasteiger partial charge in [-0.05, 0) is 30.7 Å². The molecule has 0 aliphatic carbocycles. The molecule has 0 radical (unpaired) electrons. The molecule has 96 valence electrons. The van der Waals surface area contributed by atoms with Gasteiger partial charge in [0.1, 0.15) is 0 Å². The highest BCUT2D eigenvalue weighted by Crippen LogP contribution is 2.18. The molecular formula is C16H12BrClO. The first kappa shape index (κ1) is 14.0. The van der Waals surface area contributed by atoms with Crippen molar-refractivity contribution in [3.8, 4) is 0 Å². The Morgan fingerprint density at radius 2 is 1.63 bits per heavy atom. The maximum Gasteiger partial charge on any atom is 0.204 e. The predicted octanol–water partition coefficient (Wildman–Crippen LogP) is 5.22. The number of halogens is 2. The summed E-state index contributed by atoms with van der Waals surface area (Å²) < 4.78 is 0.991. The molecule has 2 aromatic carbocycles. The molecular weight excluding hydrogens is 324 g/mol. The zero-order valence-electron chi connectivity index (χ0n) is 10.4. The third-order valence-electron chi connectivity index (χ3n) is 2.69. The number of carbonyl (C=O) groups excluding carboxylic acids is 1. The third-order valence-corrected chi connectivity index (χ3v) is 3.50. The summed E-state index contributed by atoms with van der Waals surface area (Å²) in [5.41, 5.74) is 2.61. The van der Waals surface area contributed by atoms with E-state index in [0.717, 1.165) is 15.6 Å². The molecule has 0 bridgehead atoms. The standard InChI is InChI=1S/C16H12BrClO/c1-11-2-6-13(7-3-11)16(19)15(18)10-12-4-8-14(17)9-5-12/h2-10H,1H3/b15-10-. The largest absolute Gasteiger partial charge is 0.288 e. The molecule has 2 aromatic rings. The topological polar surface area (TPSA) is 17.1 Å². The molecule has 0 fully saturated rings. The lowest BCUT2D eigenvalue weighted by atomic mass is 10.1. The Kier molecular flexibility index (Phi) is 4.56. The third kappa shape index (κ3) is 3.79. The Balaban J connectivity index is 2.23. The first-order valence-corrected chi connectivity index (χ1v) is 6.97. The Morgan fingerprint density at radius 1 is 1.05 bits per heavy atom. The molecule has 0 aliphatic rings. The minimum Gasteiger partial charge on any atom is -0.288 e. The summed E-state index contributed by atoms with van der Waals surface area (Å²) in [5, 5.41) is 0.214. The smallest absolute Gasteiger partial charge is 0.204 e. The molecule has 0 saturated carbocycles. The highest BCUT2D eigenvalue weighted by molar-refractivity contribution is 9.10. The van der Waals surface area contributed by atoms with Gasteiger partial charge in [0.2, 0.25) is 5.78 Å². The van der Waals surface area contributed by atoms with Gasteiger partial charge in [0.25, 0.3) is 0 Å². The van der Waals surface area contributed by atoms with E-state index in [0.29, 0.717) is 5.56 Å². The van der Waals surface area contributed by atoms with Gasteiger partial charge in [-0.25, -0.2) is 0 Å². The van der Waals surface area contributed by atoms with Crippen LogP contribution < -0.4 is 0 Å². The average molecular weight is 336 g/mol. The zero-order valence-corrected chi connectivity index (χ0v) is 12.7. The fourth-order valence-corrected chi connectivity index (χ4v) is 2.11. The second-order valence-corrected chi connectivity index (χ2v) is 5.56. The van der Waals surface area contributed by atoms with Gasteiger partial charge >= 0.3 is 0 Å². The molecule has 0 amide bonds. The number of hydrogen-bond donors (Lipinski definition) is 0. The van der Waals surface area contributed by atoms with Crippen LogP contribution in [0, 0.1) is 6.92 Å². The van der Waals surface area contributed by atoms with Crippen molar-refractivity contribution in [2.45, 2.75) is 6.92 Å². The van der Waals surface area contributed by atoms with Crippen molar-refractivity contribution in [1.29, 1.82) is 0 Å². The number of allylic oxidation sites excluding steroid dienone is 1. The molecule has 0 unspecified atom stereocenters. The van der Waals surface area contributed by atoms with Crippen LogP contribution >= 0.6 is 27.5 Å². The summed E-state index contributed by atoms with van der Waals surface area (Å²) >= 11 is 9.44. The van der Waals surface area contributed by atoms with Crippen molar-refractivity contribution in [2.24, 2.45) is 0 Å². The Morgan fingerprint density at radius 3 is 2.21 bits per heavy atom. The highest BCUT2D eigenvalue weighted by Gasteiger charge is 2.09. The molecule has 19 heavy (non-hydrogen) atoms. The van der Waals surface area contributed by atoms with Crippen molar-refractivity contribution < 1.29 is 4.79 Å². The summed E-state index contributed by atoms with van der Waals surface area (Å²) in [7, 11) is 0. The van der Waals surface area contributed by atoms with Crippen LogP contribution in [0.15, 0.2) is 58.0 Å². The van der Waals surface area contributed by atoms with Gasteiger partial charge < -0.3 is 0 Å². The Labute approximate surface area is 126 Å². The summed E-state index contributed by atoms with van der Waals surface area (Å²) in [5.74, 6) is -0.162. The number of ketones is 1. The molecule has 0 heterocycles. The molecule has 1 nitrogen and oxygen atoms in total. The first-order valence-electron chi connectivity index (χ1n) is 5.80. The minimum absolute atomic E-state index is 0.162. The van der Waals surface area contributed by atoms with E-state index in [2.05, 4.69) is 15.9 Å². The summed E-state index contributed by atoms with van der Waals surface area (Å²) in [6.07, 6.45) is 1.68. The first-order chi connectivity index (χ1) is 9.06. The van der Waals surface area contributed by atoms with E-state index in [-0.39, 0.29) is 10.8 Å². The number of hydrogen-bond acceptors (Lipinski definition) is 1. The molecule has 2 rings (SSSR count). The van der Waals surface area contributed by atoms with Gasteiger partial charge in [0.05, 0.1) is 5.03 Å². The molecule has 3 heteroatoms. The van der Waals surface area contributed by atoms with Crippen molar-refractivity contribution in [3.05, 3.63) is 74.7 Å². The van der Waals surface area contributed by atoms with Gasteiger partial charge in [-0.15, -0.1) is 0 Å². The van der Waals surface area contributed by atoms with E-state index >= 15 is 0 Å². The second kappa shape index (κ2) is 6.18. The fraction of sp³-hybridized carbons (Fsp3) is 0.0625. The molecule has 0 aromatic heterocycles. The van der Waals surface area contributed by atoms with Crippen LogP contribution in [0.1, 0.15) is 21.5 Å². The van der Waals surface area contributed by atoms with E-state index < -0.39 is 0 Å². The lowest BCUT2D eigenvalue weighted by Gasteiger charge is -2.01. The van der Waals surface area contributed by atoms with Crippen LogP contribution in [0.5, 0.6) is 0 Å². The highest BCUT2D eigenvalue weighted by atomic mass is 79.9. The quantitative estimate of drug-likeness (QED) is 0.555. The Hall–Kier alpha value is -1.38. The molecule has 0 aliphatic heterocycles. The van der Waals surface area contributed by atoms with E-state index in [9.17, 15) is 4.79 Å². The summed E-state index contributed by atoms with van der Waals surface area (Å²) in [4.78, 5) is 12.1. The van der Waals surface area contributed by atoms with Gasteiger partial charge in [-0.2, -0.15) is 0 Å². The number of benzene rings is 2. The van der Waals surface area contributed by atoms with Crippen molar-refractivity contribution in [1.82, 2.24) is 0 Å². The van der Waals surface area contributed by atoms with E-state index in [4.69, 9.17) is 11.6 Å². The number of carbonyl (C=O) groups is 1. The predicted molar refractivity (Wildman–Crippen MR) is 83.5 cm³/mol. The maximum absolute atomic E-state index is 12.1. The van der Waals surface area contributed by atoms with E-state index in [1.807, 2.05) is 43.3 Å². The molecule has 0 N–H and O–H groups in total. The van der Waals surface area contributed by atoms with Crippen LogP contribution in [0.4, 0.5) is 0 Å². The zero-order chi connectivity index (χ0) is 13.8. The fourth-order valence-electron chi connectivity index (χ4n) is 1.61. The van der Waals surface area contributed by atoms with Crippen LogP contribution in [0.2, 0.25) is 0 Å². The lowest BCUT2D eigenvalue weighted by molar-refractivity contribution is 0.104. The van der Waals surface area contributed by atoms with Crippen LogP contribution in [0.25, 0.3) is 6.08 Å². The number of rotatable bonds is 3. The molecule has 0 spiro atoms. The van der Waals surface area contributed by atoms with Crippen LogP contribution in [-0.4, -0.2) is 5.78 Å². The van der Waals surface area contributed by atoms with Crippen molar-refractivity contribution in [2.75, 3.05) is 0 Å². The van der Waals surface area contributed by atoms with E-state index in [1.54, 1.807) is 18.2 Å². The number of aryl methyl sites for hydroxylation is 1. The van der Waals surface area contributed by atoms with Crippen LogP contribution in [0.3, 0.4) is 0 Å².